The third kappa shape index (κ3) is 5.72. The zero-order valence-electron chi connectivity index (χ0n) is 20.2. The van der Waals surface area contributed by atoms with Gasteiger partial charge in [-0.15, -0.1) is 11.3 Å². The molecule has 0 radical (unpaired) electrons. The van der Waals surface area contributed by atoms with Crippen LogP contribution in [-0.4, -0.2) is 78.3 Å². The topological polar surface area (TPSA) is 97.5 Å². The number of hydrogen-bond donors (Lipinski definition) is 4. The smallest absolute Gasteiger partial charge is 0.254 e. The average Bonchev–Trinajstić information content (AvgIpc) is 3.53. The van der Waals surface area contributed by atoms with E-state index in [4.69, 9.17) is 4.98 Å². The number of aromatic nitrogens is 2. The predicted molar refractivity (Wildman–Crippen MR) is 141 cm³/mol. The molecule has 0 bridgehead atoms. The number of rotatable bonds is 8. The lowest BCUT2D eigenvalue weighted by molar-refractivity contribution is 0.0930. The van der Waals surface area contributed by atoms with Crippen LogP contribution in [0.2, 0.25) is 0 Å². The molecule has 35 heavy (non-hydrogen) atoms. The van der Waals surface area contributed by atoms with E-state index in [1.165, 1.54) is 0 Å². The highest BCUT2D eigenvalue weighted by Crippen LogP contribution is 2.34. The molecule has 0 spiro atoms. The molecule has 3 aromatic rings. The van der Waals surface area contributed by atoms with E-state index < -0.39 is 0 Å². The van der Waals surface area contributed by atoms with E-state index in [0.29, 0.717) is 11.5 Å². The van der Waals surface area contributed by atoms with E-state index in [0.717, 1.165) is 71.9 Å². The average molecular weight is 493 g/mol. The number of piperazine rings is 1. The van der Waals surface area contributed by atoms with Gasteiger partial charge < -0.3 is 31.1 Å². The number of anilines is 1. The summed E-state index contributed by atoms with van der Waals surface area (Å²) in [6, 6.07) is 7.93. The number of thiophene rings is 1. The highest BCUT2D eigenvalue weighted by molar-refractivity contribution is 7.22. The third-order valence-corrected chi connectivity index (χ3v) is 7.51. The Labute approximate surface area is 209 Å². The lowest BCUT2D eigenvalue weighted by atomic mass is 10.1. The molecule has 2 aliphatic rings. The number of benzene rings is 1. The van der Waals surface area contributed by atoms with Gasteiger partial charge in [-0.1, -0.05) is 6.07 Å². The summed E-state index contributed by atoms with van der Waals surface area (Å²) in [5.41, 5.74) is 2.59. The maximum atomic E-state index is 12.6. The Bertz CT molecular complexity index is 1210. The Balaban J connectivity index is 1.23. The second-order valence-corrected chi connectivity index (χ2v) is 10.2. The third-order valence-electron chi connectivity index (χ3n) is 6.40. The van der Waals surface area contributed by atoms with E-state index in [2.05, 4.69) is 49.2 Å². The van der Waals surface area contributed by atoms with Crippen molar-refractivity contribution in [1.82, 2.24) is 35.7 Å². The zero-order valence-corrected chi connectivity index (χ0v) is 21.0. The van der Waals surface area contributed by atoms with Crippen molar-refractivity contribution in [2.45, 2.75) is 19.6 Å². The maximum absolute atomic E-state index is 12.6. The van der Waals surface area contributed by atoms with Gasteiger partial charge in [-0.05, 0) is 56.1 Å². The van der Waals surface area contributed by atoms with Crippen molar-refractivity contribution in [1.29, 1.82) is 0 Å². The first kappa shape index (κ1) is 23.5. The number of carbonyl (C=O) groups is 1. The lowest BCUT2D eigenvalue weighted by Gasteiger charge is -2.32. The molecule has 0 unspecified atom stereocenters. The first-order valence-corrected chi connectivity index (χ1v) is 12.9. The normalized spacial score (nSPS) is 16.9. The predicted octanol–water partition coefficient (Wildman–Crippen LogP) is 2.39. The van der Waals surface area contributed by atoms with Crippen molar-refractivity contribution >= 4 is 33.3 Å². The standard InChI is InChI=1S/C25H32N8OS/c1-17-16-29-25(26-6-3-9-33-12-10-32(2)11-13-33)30-22(17)21-14-18-4-5-19(15-20(18)35-21)23(34)31-24-27-7-8-28-24/h4-5,7-8,14-16,24,27-28H,3,6,9-13H2,1-2H3,(H,31,34)(H,26,29,30). The van der Waals surface area contributed by atoms with E-state index in [1.54, 1.807) is 23.7 Å². The fourth-order valence-electron chi connectivity index (χ4n) is 4.27. The molecule has 5 rings (SSSR count). The van der Waals surface area contributed by atoms with Gasteiger partial charge in [0.05, 0.1) is 10.6 Å². The summed E-state index contributed by atoms with van der Waals surface area (Å²) in [5.74, 6) is 0.531. The number of nitrogens with one attached hydrogen (secondary N) is 4. The minimum Gasteiger partial charge on any atom is -0.354 e. The summed E-state index contributed by atoms with van der Waals surface area (Å²) in [7, 11) is 2.18. The van der Waals surface area contributed by atoms with Gasteiger partial charge >= 0.3 is 0 Å². The zero-order chi connectivity index (χ0) is 24.2. The molecule has 1 amide bonds. The van der Waals surface area contributed by atoms with Crippen LogP contribution in [0.4, 0.5) is 5.95 Å². The van der Waals surface area contributed by atoms with Crippen molar-refractivity contribution in [2.24, 2.45) is 0 Å². The van der Waals surface area contributed by atoms with Crippen LogP contribution in [0.15, 0.2) is 42.9 Å². The molecule has 0 atom stereocenters. The second kappa shape index (κ2) is 10.6. The maximum Gasteiger partial charge on any atom is 0.254 e. The van der Waals surface area contributed by atoms with Gasteiger partial charge in [-0.2, -0.15) is 0 Å². The van der Waals surface area contributed by atoms with E-state index >= 15 is 0 Å². The first-order chi connectivity index (χ1) is 17.0. The van der Waals surface area contributed by atoms with Gasteiger partial charge in [-0.3, -0.25) is 4.79 Å². The number of hydrogen-bond acceptors (Lipinski definition) is 9. The van der Waals surface area contributed by atoms with Gasteiger partial charge in [0.25, 0.3) is 5.91 Å². The fraction of sp³-hybridized carbons (Fsp3) is 0.400. The monoisotopic (exact) mass is 492 g/mol. The van der Waals surface area contributed by atoms with Gasteiger partial charge in [0.2, 0.25) is 5.95 Å². The molecule has 4 N–H and O–H groups in total. The highest BCUT2D eigenvalue weighted by atomic mass is 32.1. The Hall–Kier alpha value is -3.21. The van der Waals surface area contributed by atoms with Crippen molar-refractivity contribution in [3.8, 4) is 10.6 Å². The Morgan fingerprint density at radius 3 is 2.77 bits per heavy atom. The molecule has 0 saturated carbocycles. The van der Waals surface area contributed by atoms with Gasteiger partial charge in [-0.25, -0.2) is 9.97 Å². The molecule has 1 aromatic carbocycles. The number of aryl methyl sites for hydroxylation is 1. The van der Waals surface area contributed by atoms with Crippen molar-refractivity contribution in [3.05, 3.63) is 54.0 Å². The fourth-order valence-corrected chi connectivity index (χ4v) is 5.43. The van der Waals surface area contributed by atoms with Crippen LogP contribution in [0, 0.1) is 6.92 Å². The summed E-state index contributed by atoms with van der Waals surface area (Å²) < 4.78 is 1.05. The highest BCUT2D eigenvalue weighted by Gasteiger charge is 2.16. The van der Waals surface area contributed by atoms with Crippen molar-refractivity contribution in [3.63, 3.8) is 0 Å². The van der Waals surface area contributed by atoms with Gasteiger partial charge in [0, 0.05) is 61.6 Å². The molecular weight excluding hydrogens is 460 g/mol. The van der Waals surface area contributed by atoms with Crippen molar-refractivity contribution in [2.75, 3.05) is 51.6 Å². The molecule has 4 heterocycles. The molecule has 2 aliphatic heterocycles. The summed E-state index contributed by atoms with van der Waals surface area (Å²) in [5, 5.41) is 13.4. The quantitative estimate of drug-likeness (QED) is 0.356. The molecule has 0 aliphatic carbocycles. The number of carbonyl (C=O) groups excluding carboxylic acids is 1. The molecule has 9 nitrogen and oxygen atoms in total. The largest absolute Gasteiger partial charge is 0.354 e. The van der Waals surface area contributed by atoms with E-state index in [1.807, 2.05) is 31.3 Å². The van der Waals surface area contributed by atoms with Crippen LogP contribution in [0.1, 0.15) is 22.3 Å². The van der Waals surface area contributed by atoms with Crippen LogP contribution in [0.3, 0.4) is 0 Å². The second-order valence-electron chi connectivity index (χ2n) is 9.09. The summed E-state index contributed by atoms with van der Waals surface area (Å²) in [4.78, 5) is 27.9. The Morgan fingerprint density at radius 2 is 1.97 bits per heavy atom. The van der Waals surface area contributed by atoms with Gasteiger partial charge in [0.15, 0.2) is 6.29 Å². The number of likely N-dealkylation sites (N-methyl/N-ethyl adjacent to an activating group) is 1. The van der Waals surface area contributed by atoms with Gasteiger partial charge in [0.1, 0.15) is 0 Å². The summed E-state index contributed by atoms with van der Waals surface area (Å²) >= 11 is 1.64. The molecule has 1 saturated heterocycles. The molecule has 2 aromatic heterocycles. The number of amides is 1. The summed E-state index contributed by atoms with van der Waals surface area (Å²) in [6.07, 6.45) is 6.19. The number of nitrogens with zero attached hydrogens (tertiary/aromatic N) is 4. The van der Waals surface area contributed by atoms with Crippen LogP contribution in [0.5, 0.6) is 0 Å². The van der Waals surface area contributed by atoms with Crippen LogP contribution in [0.25, 0.3) is 20.7 Å². The Kier molecular flexibility index (Phi) is 7.12. The minimum absolute atomic E-state index is 0.128. The van der Waals surface area contributed by atoms with Crippen LogP contribution in [-0.2, 0) is 0 Å². The molecule has 1 fully saturated rings. The number of fused-ring (bicyclic) bond motifs is 1. The summed E-state index contributed by atoms with van der Waals surface area (Å²) in [6.45, 7) is 8.54. The SMILES string of the molecule is Cc1cnc(NCCCN2CCN(C)CC2)nc1-c1cc2ccc(C(=O)NC3NC=CN3)cc2s1. The van der Waals surface area contributed by atoms with Crippen LogP contribution >= 0.6 is 11.3 Å². The minimum atomic E-state index is -0.284. The lowest BCUT2D eigenvalue weighted by Crippen LogP contribution is -2.47. The first-order valence-electron chi connectivity index (χ1n) is 12.1. The Morgan fingerprint density at radius 1 is 1.17 bits per heavy atom. The molecule has 10 heteroatoms. The van der Waals surface area contributed by atoms with Crippen molar-refractivity contribution < 1.29 is 4.79 Å². The molecule has 184 valence electrons. The van der Waals surface area contributed by atoms with E-state index in [9.17, 15) is 4.79 Å². The van der Waals surface area contributed by atoms with Crippen LogP contribution < -0.4 is 21.3 Å². The molecular formula is C25H32N8OS. The van der Waals surface area contributed by atoms with E-state index in [-0.39, 0.29) is 12.2 Å².